The first kappa shape index (κ1) is 11.3. The van der Waals surface area contributed by atoms with Gasteiger partial charge in [0.2, 0.25) is 5.88 Å². The van der Waals surface area contributed by atoms with Crippen molar-refractivity contribution in [3.63, 3.8) is 0 Å². The molecule has 2 aromatic rings. The Morgan fingerprint density at radius 1 is 1.39 bits per heavy atom. The molecular weight excluding hydrogens is 226 g/mol. The minimum Gasteiger partial charge on any atom is -0.494 e. The van der Waals surface area contributed by atoms with E-state index in [-0.39, 0.29) is 6.10 Å². The standard InChI is InChI=1S/C15H17NO2/c1-9-7-8-12-10(2)11-5-4-6-13(17-3)14(11)16-15(12)18-9/h4-6,9H,7-8H2,1-3H3. The maximum Gasteiger partial charge on any atom is 0.217 e. The van der Waals surface area contributed by atoms with E-state index >= 15 is 0 Å². The molecule has 2 heterocycles. The topological polar surface area (TPSA) is 31.4 Å². The number of benzene rings is 1. The van der Waals surface area contributed by atoms with Crippen LogP contribution in [-0.2, 0) is 6.42 Å². The number of aryl methyl sites for hydroxylation is 1. The molecule has 3 heteroatoms. The highest BCUT2D eigenvalue weighted by molar-refractivity contribution is 5.89. The van der Waals surface area contributed by atoms with Gasteiger partial charge in [0.1, 0.15) is 11.3 Å². The van der Waals surface area contributed by atoms with Crippen molar-refractivity contribution < 1.29 is 9.47 Å². The van der Waals surface area contributed by atoms with Crippen LogP contribution in [-0.4, -0.2) is 18.2 Å². The zero-order valence-corrected chi connectivity index (χ0v) is 11.0. The zero-order chi connectivity index (χ0) is 12.7. The summed E-state index contributed by atoms with van der Waals surface area (Å²) in [6.07, 6.45) is 2.35. The molecule has 1 unspecified atom stereocenters. The molecule has 0 bridgehead atoms. The third-order valence-electron chi connectivity index (χ3n) is 3.66. The van der Waals surface area contributed by atoms with Gasteiger partial charge in [-0.15, -0.1) is 0 Å². The van der Waals surface area contributed by atoms with Gasteiger partial charge >= 0.3 is 0 Å². The van der Waals surface area contributed by atoms with E-state index in [2.05, 4.69) is 24.9 Å². The van der Waals surface area contributed by atoms with Gasteiger partial charge in [-0.1, -0.05) is 12.1 Å². The number of ether oxygens (including phenoxy) is 2. The van der Waals surface area contributed by atoms with Crippen LogP contribution in [0.15, 0.2) is 18.2 Å². The molecule has 1 aromatic carbocycles. The summed E-state index contributed by atoms with van der Waals surface area (Å²) in [6.45, 7) is 4.23. The molecule has 0 fully saturated rings. The summed E-state index contributed by atoms with van der Waals surface area (Å²) in [5.74, 6) is 1.59. The van der Waals surface area contributed by atoms with Gasteiger partial charge in [-0.05, 0) is 38.3 Å². The van der Waals surface area contributed by atoms with Crippen molar-refractivity contribution in [2.45, 2.75) is 32.8 Å². The molecule has 1 aromatic heterocycles. The highest BCUT2D eigenvalue weighted by Gasteiger charge is 2.21. The highest BCUT2D eigenvalue weighted by Crippen LogP contribution is 2.35. The number of aromatic nitrogens is 1. The minimum absolute atomic E-state index is 0.247. The van der Waals surface area contributed by atoms with E-state index in [4.69, 9.17) is 9.47 Å². The number of nitrogens with zero attached hydrogens (tertiary/aromatic N) is 1. The Morgan fingerprint density at radius 3 is 3.00 bits per heavy atom. The normalized spacial score (nSPS) is 18.3. The van der Waals surface area contributed by atoms with Crippen LogP contribution in [0.25, 0.3) is 10.9 Å². The SMILES string of the molecule is COc1cccc2c(C)c3c(nc12)OC(C)CC3. The fourth-order valence-corrected chi connectivity index (χ4v) is 2.59. The quantitative estimate of drug-likeness (QED) is 0.770. The number of methoxy groups -OCH3 is 1. The average molecular weight is 243 g/mol. The fraction of sp³-hybridized carbons (Fsp3) is 0.400. The Bertz CT molecular complexity index is 607. The number of hydrogen-bond acceptors (Lipinski definition) is 3. The summed E-state index contributed by atoms with van der Waals surface area (Å²) < 4.78 is 11.2. The number of fused-ring (bicyclic) bond motifs is 2. The van der Waals surface area contributed by atoms with Crippen molar-refractivity contribution >= 4 is 10.9 Å². The zero-order valence-electron chi connectivity index (χ0n) is 11.0. The third kappa shape index (κ3) is 1.62. The average Bonchev–Trinajstić information content (AvgIpc) is 2.38. The van der Waals surface area contributed by atoms with Gasteiger partial charge < -0.3 is 9.47 Å². The van der Waals surface area contributed by atoms with E-state index in [1.54, 1.807) is 7.11 Å². The number of para-hydroxylation sites is 1. The predicted molar refractivity (Wildman–Crippen MR) is 71.4 cm³/mol. The van der Waals surface area contributed by atoms with Gasteiger partial charge in [0, 0.05) is 10.9 Å². The summed E-state index contributed by atoms with van der Waals surface area (Å²) in [5, 5.41) is 1.16. The summed E-state index contributed by atoms with van der Waals surface area (Å²) in [5.41, 5.74) is 3.40. The van der Waals surface area contributed by atoms with Crippen LogP contribution in [0.4, 0.5) is 0 Å². The van der Waals surface area contributed by atoms with Crippen LogP contribution in [0.5, 0.6) is 11.6 Å². The number of pyridine rings is 1. The fourth-order valence-electron chi connectivity index (χ4n) is 2.59. The lowest BCUT2D eigenvalue weighted by atomic mass is 9.97. The Morgan fingerprint density at radius 2 is 2.22 bits per heavy atom. The molecule has 0 saturated carbocycles. The van der Waals surface area contributed by atoms with Gasteiger partial charge in [-0.3, -0.25) is 0 Å². The van der Waals surface area contributed by atoms with Crippen molar-refractivity contribution in [1.29, 1.82) is 0 Å². The number of rotatable bonds is 1. The smallest absolute Gasteiger partial charge is 0.217 e. The molecule has 0 amide bonds. The molecule has 94 valence electrons. The maximum absolute atomic E-state index is 5.85. The Hall–Kier alpha value is -1.77. The predicted octanol–water partition coefficient (Wildman–Crippen LogP) is 3.27. The van der Waals surface area contributed by atoms with Crippen LogP contribution in [0.2, 0.25) is 0 Å². The first-order chi connectivity index (χ1) is 8.70. The molecule has 0 aliphatic carbocycles. The third-order valence-corrected chi connectivity index (χ3v) is 3.66. The van der Waals surface area contributed by atoms with Crippen LogP contribution in [0, 0.1) is 6.92 Å². The van der Waals surface area contributed by atoms with Crippen molar-refractivity contribution in [1.82, 2.24) is 4.98 Å². The lowest BCUT2D eigenvalue weighted by Crippen LogP contribution is -2.20. The van der Waals surface area contributed by atoms with Crippen molar-refractivity contribution in [3.05, 3.63) is 29.3 Å². The second kappa shape index (κ2) is 4.16. The molecule has 0 radical (unpaired) electrons. The second-order valence-corrected chi connectivity index (χ2v) is 4.84. The van der Waals surface area contributed by atoms with E-state index in [9.17, 15) is 0 Å². The Balaban J connectivity index is 2.30. The highest BCUT2D eigenvalue weighted by atomic mass is 16.5. The maximum atomic E-state index is 5.85. The van der Waals surface area contributed by atoms with Gasteiger partial charge in [0.05, 0.1) is 13.2 Å². The minimum atomic E-state index is 0.247. The van der Waals surface area contributed by atoms with E-state index < -0.39 is 0 Å². The molecule has 3 nitrogen and oxygen atoms in total. The molecule has 0 spiro atoms. The molecule has 1 aliphatic rings. The molecule has 3 rings (SSSR count). The largest absolute Gasteiger partial charge is 0.494 e. The van der Waals surface area contributed by atoms with E-state index in [1.165, 1.54) is 11.1 Å². The van der Waals surface area contributed by atoms with Crippen LogP contribution in [0.1, 0.15) is 24.5 Å². The number of hydrogen-bond donors (Lipinski definition) is 0. The Kier molecular flexibility index (Phi) is 2.62. The lowest BCUT2D eigenvalue weighted by Gasteiger charge is -2.24. The van der Waals surface area contributed by atoms with Crippen molar-refractivity contribution in [2.24, 2.45) is 0 Å². The first-order valence-electron chi connectivity index (χ1n) is 6.33. The first-order valence-corrected chi connectivity index (χ1v) is 6.33. The molecule has 1 aliphatic heterocycles. The van der Waals surface area contributed by atoms with Gasteiger partial charge in [-0.25, -0.2) is 4.98 Å². The summed E-state index contributed by atoms with van der Waals surface area (Å²) in [7, 11) is 1.68. The lowest BCUT2D eigenvalue weighted by molar-refractivity contribution is 0.184. The van der Waals surface area contributed by atoms with Crippen molar-refractivity contribution in [3.8, 4) is 11.6 Å². The van der Waals surface area contributed by atoms with Crippen LogP contribution in [0.3, 0.4) is 0 Å². The second-order valence-electron chi connectivity index (χ2n) is 4.84. The summed E-state index contributed by atoms with van der Waals surface area (Å²) >= 11 is 0. The van der Waals surface area contributed by atoms with Crippen LogP contribution >= 0.6 is 0 Å². The van der Waals surface area contributed by atoms with Crippen LogP contribution < -0.4 is 9.47 Å². The van der Waals surface area contributed by atoms with Gasteiger partial charge in [-0.2, -0.15) is 0 Å². The van der Waals surface area contributed by atoms with Gasteiger partial charge in [0.15, 0.2) is 0 Å². The molecule has 0 saturated heterocycles. The molecule has 1 atom stereocenters. The van der Waals surface area contributed by atoms with E-state index in [0.717, 1.165) is 35.4 Å². The monoisotopic (exact) mass is 243 g/mol. The van der Waals surface area contributed by atoms with Gasteiger partial charge in [0.25, 0.3) is 0 Å². The van der Waals surface area contributed by atoms with E-state index in [0.29, 0.717) is 0 Å². The summed E-state index contributed by atoms with van der Waals surface area (Å²) in [4.78, 5) is 4.65. The van der Waals surface area contributed by atoms with Crippen molar-refractivity contribution in [2.75, 3.05) is 7.11 Å². The molecule has 0 N–H and O–H groups in total. The molecular formula is C15H17NO2. The summed E-state index contributed by atoms with van der Waals surface area (Å²) in [6, 6.07) is 6.04. The Labute approximate surface area is 107 Å². The van der Waals surface area contributed by atoms with E-state index in [1.807, 2.05) is 12.1 Å². The molecule has 18 heavy (non-hydrogen) atoms.